The van der Waals surface area contributed by atoms with Crippen molar-refractivity contribution in [3.05, 3.63) is 28.8 Å². The van der Waals surface area contributed by atoms with Crippen LogP contribution in [0.1, 0.15) is 37.0 Å². The first-order valence-electron chi connectivity index (χ1n) is 8.18. The highest BCUT2D eigenvalue weighted by Gasteiger charge is 2.36. The average Bonchev–Trinajstić information content (AvgIpc) is 2.56. The van der Waals surface area contributed by atoms with Crippen LogP contribution >= 0.6 is 11.6 Å². The number of nitrogens with two attached hydrogens (primary N) is 1. The van der Waals surface area contributed by atoms with E-state index in [0.29, 0.717) is 55.4 Å². The number of carbonyl (C=O) groups is 2. The van der Waals surface area contributed by atoms with E-state index < -0.39 is 5.54 Å². The molecule has 0 aliphatic carbocycles. The molecular formula is C17H24ClN3O3. The molecule has 1 aliphatic rings. The number of hydrogen-bond acceptors (Lipinski definition) is 4. The molecule has 1 saturated heterocycles. The van der Waals surface area contributed by atoms with Crippen molar-refractivity contribution in [3.63, 3.8) is 0 Å². The molecular weight excluding hydrogens is 330 g/mol. The van der Waals surface area contributed by atoms with Crippen LogP contribution in [-0.4, -0.2) is 48.6 Å². The summed E-state index contributed by atoms with van der Waals surface area (Å²) in [4.78, 5) is 26.5. The highest BCUT2D eigenvalue weighted by molar-refractivity contribution is 6.34. The summed E-state index contributed by atoms with van der Waals surface area (Å²) >= 11 is 6.24. The highest BCUT2D eigenvalue weighted by Crippen LogP contribution is 2.25. The number of nitrogens with zero attached hydrogens (tertiary/aromatic N) is 1. The van der Waals surface area contributed by atoms with E-state index in [2.05, 4.69) is 5.32 Å². The van der Waals surface area contributed by atoms with Crippen LogP contribution in [0.15, 0.2) is 18.2 Å². The summed E-state index contributed by atoms with van der Waals surface area (Å²) < 4.78 is 5.25. The Labute approximate surface area is 147 Å². The van der Waals surface area contributed by atoms with E-state index in [1.807, 2.05) is 13.8 Å². The van der Waals surface area contributed by atoms with Gasteiger partial charge in [-0.3, -0.25) is 9.59 Å². The van der Waals surface area contributed by atoms with Crippen LogP contribution in [0.5, 0.6) is 0 Å². The van der Waals surface area contributed by atoms with Crippen LogP contribution < -0.4 is 11.1 Å². The molecule has 7 heteroatoms. The van der Waals surface area contributed by atoms with Gasteiger partial charge in [0, 0.05) is 32.0 Å². The molecule has 0 saturated carbocycles. The van der Waals surface area contributed by atoms with Crippen molar-refractivity contribution in [1.82, 2.24) is 4.90 Å². The molecule has 1 aromatic carbocycles. The van der Waals surface area contributed by atoms with Gasteiger partial charge in [0.15, 0.2) is 0 Å². The Hall–Kier alpha value is -1.63. The van der Waals surface area contributed by atoms with Gasteiger partial charge in [-0.05, 0) is 44.9 Å². The van der Waals surface area contributed by atoms with Gasteiger partial charge in [-0.2, -0.15) is 0 Å². The first-order chi connectivity index (χ1) is 11.4. The van der Waals surface area contributed by atoms with Crippen LogP contribution in [0.2, 0.25) is 5.02 Å². The van der Waals surface area contributed by atoms with Crippen molar-refractivity contribution in [2.24, 2.45) is 5.73 Å². The van der Waals surface area contributed by atoms with E-state index >= 15 is 0 Å². The summed E-state index contributed by atoms with van der Waals surface area (Å²) in [6.45, 7) is 6.00. The summed E-state index contributed by atoms with van der Waals surface area (Å²) in [5.74, 6) is -0.382. The minimum absolute atomic E-state index is 0.123. The second-order valence-electron chi connectivity index (χ2n) is 5.89. The fourth-order valence-electron chi connectivity index (χ4n) is 2.67. The van der Waals surface area contributed by atoms with E-state index in [4.69, 9.17) is 22.1 Å². The van der Waals surface area contributed by atoms with E-state index in [9.17, 15) is 9.59 Å². The van der Waals surface area contributed by atoms with Crippen molar-refractivity contribution >= 4 is 29.1 Å². The number of rotatable bonds is 5. The minimum Gasteiger partial charge on any atom is -0.381 e. The topological polar surface area (TPSA) is 84.7 Å². The van der Waals surface area contributed by atoms with Gasteiger partial charge in [-0.25, -0.2) is 0 Å². The molecule has 2 rings (SSSR count). The second kappa shape index (κ2) is 7.96. The molecule has 2 amide bonds. The van der Waals surface area contributed by atoms with Gasteiger partial charge in [0.25, 0.3) is 5.91 Å². The maximum atomic E-state index is 12.4. The largest absolute Gasteiger partial charge is 0.381 e. The molecule has 24 heavy (non-hydrogen) atoms. The molecule has 6 nitrogen and oxygen atoms in total. The summed E-state index contributed by atoms with van der Waals surface area (Å²) in [6, 6.07) is 4.88. The van der Waals surface area contributed by atoms with Gasteiger partial charge >= 0.3 is 0 Å². The van der Waals surface area contributed by atoms with Crippen molar-refractivity contribution in [3.8, 4) is 0 Å². The predicted octanol–water partition coefficient (Wildman–Crippen LogP) is 2.27. The van der Waals surface area contributed by atoms with Gasteiger partial charge in [-0.15, -0.1) is 0 Å². The number of carbonyl (C=O) groups excluding carboxylic acids is 2. The fourth-order valence-corrected chi connectivity index (χ4v) is 2.93. The lowest BCUT2D eigenvalue weighted by atomic mass is 9.90. The lowest BCUT2D eigenvalue weighted by Crippen LogP contribution is -2.54. The normalized spacial score (nSPS) is 16.5. The number of hydrogen-bond donors (Lipinski definition) is 2. The Morgan fingerprint density at radius 1 is 1.29 bits per heavy atom. The monoisotopic (exact) mass is 353 g/mol. The molecule has 0 aromatic heterocycles. The lowest BCUT2D eigenvalue weighted by Gasteiger charge is -2.31. The van der Waals surface area contributed by atoms with Crippen LogP contribution in [0.25, 0.3) is 0 Å². The van der Waals surface area contributed by atoms with Crippen LogP contribution in [-0.2, 0) is 9.53 Å². The zero-order valence-electron chi connectivity index (χ0n) is 14.1. The van der Waals surface area contributed by atoms with Crippen LogP contribution in [0.4, 0.5) is 5.69 Å². The maximum absolute atomic E-state index is 12.4. The van der Waals surface area contributed by atoms with E-state index in [1.165, 1.54) is 0 Å². The highest BCUT2D eigenvalue weighted by atomic mass is 35.5. The fraction of sp³-hybridized carbons (Fsp3) is 0.529. The number of benzene rings is 1. The van der Waals surface area contributed by atoms with Crippen LogP contribution in [0.3, 0.4) is 0 Å². The summed E-state index contributed by atoms with van der Waals surface area (Å²) in [5.41, 5.74) is 6.17. The third-order valence-corrected chi connectivity index (χ3v) is 4.66. The van der Waals surface area contributed by atoms with E-state index in [0.717, 1.165) is 0 Å². The van der Waals surface area contributed by atoms with Crippen molar-refractivity contribution in [2.45, 2.75) is 32.2 Å². The summed E-state index contributed by atoms with van der Waals surface area (Å²) in [5, 5.41) is 3.10. The number of nitrogens with one attached hydrogen (secondary N) is 1. The molecule has 0 atom stereocenters. The molecule has 0 bridgehead atoms. The molecule has 1 aromatic rings. The Morgan fingerprint density at radius 2 is 1.92 bits per heavy atom. The zero-order chi connectivity index (χ0) is 17.7. The first-order valence-corrected chi connectivity index (χ1v) is 8.56. The molecule has 0 spiro atoms. The van der Waals surface area contributed by atoms with E-state index in [-0.39, 0.29) is 11.8 Å². The molecule has 1 fully saturated rings. The average molecular weight is 354 g/mol. The van der Waals surface area contributed by atoms with Crippen molar-refractivity contribution < 1.29 is 14.3 Å². The Bertz CT molecular complexity index is 611. The lowest BCUT2D eigenvalue weighted by molar-refractivity contribution is -0.124. The smallest absolute Gasteiger partial charge is 0.255 e. The number of anilines is 1. The SMILES string of the molecule is CCN(CC)C(=O)c1ccc(NC(=O)C2(N)CCOCC2)cc1Cl. The Kier molecular flexibility index (Phi) is 6.21. The zero-order valence-corrected chi connectivity index (χ0v) is 14.9. The molecule has 0 radical (unpaired) electrons. The second-order valence-corrected chi connectivity index (χ2v) is 6.30. The van der Waals surface area contributed by atoms with Crippen molar-refractivity contribution in [2.75, 3.05) is 31.6 Å². The third-order valence-electron chi connectivity index (χ3n) is 4.35. The molecule has 0 unspecified atom stereocenters. The van der Waals surface area contributed by atoms with Gasteiger partial charge in [0.2, 0.25) is 5.91 Å². The first kappa shape index (κ1) is 18.7. The molecule has 1 heterocycles. The Morgan fingerprint density at radius 3 is 2.46 bits per heavy atom. The van der Waals surface area contributed by atoms with E-state index in [1.54, 1.807) is 23.1 Å². The van der Waals surface area contributed by atoms with Crippen LogP contribution in [0, 0.1) is 0 Å². The van der Waals surface area contributed by atoms with Gasteiger partial charge in [-0.1, -0.05) is 11.6 Å². The molecule has 1 aliphatic heterocycles. The number of halogens is 1. The molecule has 132 valence electrons. The van der Waals surface area contributed by atoms with Gasteiger partial charge < -0.3 is 20.7 Å². The third kappa shape index (κ3) is 4.06. The summed E-state index contributed by atoms with van der Waals surface area (Å²) in [6.07, 6.45) is 0.955. The molecule has 3 N–H and O–H groups in total. The quantitative estimate of drug-likeness (QED) is 0.850. The van der Waals surface area contributed by atoms with Gasteiger partial charge in [0.05, 0.1) is 10.6 Å². The van der Waals surface area contributed by atoms with Gasteiger partial charge in [0.1, 0.15) is 5.54 Å². The maximum Gasteiger partial charge on any atom is 0.255 e. The standard InChI is InChI=1S/C17H24ClN3O3/c1-3-21(4-2)15(22)13-6-5-12(11-14(13)18)20-16(23)17(19)7-9-24-10-8-17/h5-6,11H,3-4,7-10,19H2,1-2H3,(H,20,23). The predicted molar refractivity (Wildman–Crippen MR) is 94.3 cm³/mol. The minimum atomic E-state index is -0.930. The van der Waals surface area contributed by atoms with Crippen molar-refractivity contribution in [1.29, 1.82) is 0 Å². The number of ether oxygens (including phenoxy) is 1. The Balaban J connectivity index is 2.12. The summed E-state index contributed by atoms with van der Waals surface area (Å²) in [7, 11) is 0. The number of amides is 2.